The third kappa shape index (κ3) is 4.98. The Hall–Kier alpha value is -3.09. The molecule has 0 aliphatic carbocycles. The van der Waals surface area contributed by atoms with Crippen molar-refractivity contribution < 1.29 is 19.2 Å². The second-order valence-electron chi connectivity index (χ2n) is 4.96. The van der Waals surface area contributed by atoms with Gasteiger partial charge in [-0.1, -0.05) is 18.2 Å². The van der Waals surface area contributed by atoms with Gasteiger partial charge in [-0.2, -0.15) is 0 Å². The number of benzene rings is 2. The Morgan fingerprint density at radius 3 is 2.62 bits per heavy atom. The van der Waals surface area contributed by atoms with E-state index >= 15 is 0 Å². The Morgan fingerprint density at radius 2 is 1.96 bits per heavy atom. The summed E-state index contributed by atoms with van der Waals surface area (Å²) >= 11 is 0. The summed E-state index contributed by atoms with van der Waals surface area (Å²) in [5.74, 6) is 0.670. The summed E-state index contributed by atoms with van der Waals surface area (Å²) in [4.78, 5) is 22.3. The lowest BCUT2D eigenvalue weighted by Gasteiger charge is -2.08. The molecule has 0 bridgehead atoms. The van der Waals surface area contributed by atoms with E-state index in [0.717, 1.165) is 5.75 Å². The average molecular weight is 330 g/mol. The van der Waals surface area contributed by atoms with Crippen LogP contribution in [0.2, 0.25) is 0 Å². The number of methoxy groups -OCH3 is 1. The zero-order chi connectivity index (χ0) is 17.4. The minimum atomic E-state index is -0.553. The van der Waals surface area contributed by atoms with Gasteiger partial charge in [-0.3, -0.25) is 14.9 Å². The highest BCUT2D eigenvalue weighted by molar-refractivity contribution is 5.91. The summed E-state index contributed by atoms with van der Waals surface area (Å²) in [6.07, 6.45) is 0.797. The number of nitro groups is 1. The summed E-state index contributed by atoms with van der Waals surface area (Å²) < 4.78 is 10.4. The molecule has 2 rings (SSSR count). The van der Waals surface area contributed by atoms with Gasteiger partial charge < -0.3 is 14.8 Å². The fourth-order valence-electron chi connectivity index (χ4n) is 2.07. The molecule has 7 nitrogen and oxygen atoms in total. The molecule has 0 fully saturated rings. The Kier molecular flexibility index (Phi) is 6.13. The molecule has 126 valence electrons. The number of ether oxygens (including phenoxy) is 2. The van der Waals surface area contributed by atoms with Crippen molar-refractivity contribution >= 4 is 17.3 Å². The van der Waals surface area contributed by atoms with Gasteiger partial charge in [0, 0.05) is 18.2 Å². The summed E-state index contributed by atoms with van der Waals surface area (Å²) in [6.45, 7) is 0.417. The van der Waals surface area contributed by atoms with Gasteiger partial charge in [0.1, 0.15) is 5.75 Å². The number of nitrogens with one attached hydrogen (secondary N) is 1. The quantitative estimate of drug-likeness (QED) is 0.455. The summed E-state index contributed by atoms with van der Waals surface area (Å²) in [7, 11) is 1.35. The van der Waals surface area contributed by atoms with Gasteiger partial charge in [0.25, 0.3) is 0 Å². The molecule has 0 saturated carbocycles. The van der Waals surface area contributed by atoms with Crippen LogP contribution in [-0.2, 0) is 4.79 Å². The van der Waals surface area contributed by atoms with Gasteiger partial charge in [0.15, 0.2) is 5.75 Å². The van der Waals surface area contributed by atoms with Gasteiger partial charge in [0.05, 0.1) is 18.6 Å². The van der Waals surface area contributed by atoms with Crippen LogP contribution >= 0.6 is 0 Å². The van der Waals surface area contributed by atoms with Crippen LogP contribution in [0.15, 0.2) is 48.5 Å². The minimum Gasteiger partial charge on any atom is -0.494 e. The van der Waals surface area contributed by atoms with Crippen molar-refractivity contribution in [3.05, 3.63) is 58.6 Å². The molecule has 0 aliphatic heterocycles. The van der Waals surface area contributed by atoms with E-state index in [1.54, 1.807) is 6.07 Å². The Bertz CT molecular complexity index is 703. The molecule has 0 unspecified atom stereocenters. The van der Waals surface area contributed by atoms with Crippen LogP contribution in [0, 0.1) is 10.1 Å². The van der Waals surface area contributed by atoms with E-state index in [1.807, 2.05) is 30.3 Å². The molecule has 0 spiro atoms. The van der Waals surface area contributed by atoms with Crippen molar-refractivity contribution in [1.29, 1.82) is 0 Å². The predicted molar refractivity (Wildman–Crippen MR) is 89.4 cm³/mol. The van der Waals surface area contributed by atoms with Crippen molar-refractivity contribution in [2.75, 3.05) is 19.0 Å². The SMILES string of the molecule is COc1ccc(NC(=O)CCCOc2ccccc2)cc1[N+](=O)[O-]. The molecule has 1 amide bonds. The fourth-order valence-corrected chi connectivity index (χ4v) is 2.07. The maximum atomic E-state index is 11.9. The Labute approximate surface area is 139 Å². The first-order valence-corrected chi connectivity index (χ1v) is 7.40. The number of amides is 1. The number of rotatable bonds is 8. The van der Waals surface area contributed by atoms with E-state index in [-0.39, 0.29) is 23.8 Å². The van der Waals surface area contributed by atoms with E-state index in [9.17, 15) is 14.9 Å². The number of para-hydroxylation sites is 1. The molecular weight excluding hydrogens is 312 g/mol. The third-order valence-electron chi connectivity index (χ3n) is 3.22. The minimum absolute atomic E-state index is 0.147. The molecule has 2 aromatic rings. The molecular formula is C17H18N2O5. The van der Waals surface area contributed by atoms with E-state index < -0.39 is 4.92 Å². The van der Waals surface area contributed by atoms with Gasteiger partial charge >= 0.3 is 5.69 Å². The highest BCUT2D eigenvalue weighted by atomic mass is 16.6. The number of carbonyl (C=O) groups excluding carboxylic acids is 1. The van der Waals surface area contributed by atoms with Crippen LogP contribution in [0.1, 0.15) is 12.8 Å². The molecule has 0 radical (unpaired) electrons. The average Bonchev–Trinajstić information content (AvgIpc) is 2.59. The highest BCUT2D eigenvalue weighted by Crippen LogP contribution is 2.29. The topological polar surface area (TPSA) is 90.7 Å². The van der Waals surface area contributed by atoms with Crippen molar-refractivity contribution in [2.45, 2.75) is 12.8 Å². The van der Waals surface area contributed by atoms with E-state index in [4.69, 9.17) is 9.47 Å². The predicted octanol–water partition coefficient (Wildman–Crippen LogP) is 3.40. The lowest BCUT2D eigenvalue weighted by molar-refractivity contribution is -0.385. The second-order valence-corrected chi connectivity index (χ2v) is 4.96. The van der Waals surface area contributed by atoms with Crippen molar-refractivity contribution in [3.63, 3.8) is 0 Å². The third-order valence-corrected chi connectivity index (χ3v) is 3.22. The van der Waals surface area contributed by atoms with Crippen LogP contribution in [0.4, 0.5) is 11.4 Å². The second kappa shape index (κ2) is 8.52. The maximum absolute atomic E-state index is 11.9. The molecule has 24 heavy (non-hydrogen) atoms. The normalized spacial score (nSPS) is 10.0. The van der Waals surface area contributed by atoms with Crippen LogP contribution in [0.25, 0.3) is 0 Å². The van der Waals surface area contributed by atoms with E-state index in [0.29, 0.717) is 18.7 Å². The number of nitrogens with zero attached hydrogens (tertiary/aromatic N) is 1. The zero-order valence-electron chi connectivity index (χ0n) is 13.2. The smallest absolute Gasteiger partial charge is 0.312 e. The first-order chi connectivity index (χ1) is 11.6. The lowest BCUT2D eigenvalue weighted by atomic mass is 10.2. The standard InChI is InChI=1S/C17H18N2O5/c1-23-16-10-9-13(12-15(16)19(21)22)18-17(20)8-5-11-24-14-6-3-2-4-7-14/h2-4,6-7,9-10,12H,5,8,11H2,1H3,(H,18,20). The number of anilines is 1. The number of hydrogen-bond donors (Lipinski definition) is 1. The zero-order valence-corrected chi connectivity index (χ0v) is 13.2. The van der Waals surface area contributed by atoms with Crippen LogP contribution in [-0.4, -0.2) is 24.5 Å². The van der Waals surface area contributed by atoms with Crippen molar-refractivity contribution in [3.8, 4) is 11.5 Å². The largest absolute Gasteiger partial charge is 0.494 e. The molecule has 0 atom stereocenters. The molecule has 2 aromatic carbocycles. The first-order valence-electron chi connectivity index (χ1n) is 7.40. The van der Waals surface area contributed by atoms with Crippen molar-refractivity contribution in [2.24, 2.45) is 0 Å². The van der Waals surface area contributed by atoms with Crippen LogP contribution < -0.4 is 14.8 Å². The van der Waals surface area contributed by atoms with Crippen LogP contribution in [0.5, 0.6) is 11.5 Å². The number of nitro benzene ring substituents is 1. The van der Waals surface area contributed by atoms with Crippen molar-refractivity contribution in [1.82, 2.24) is 0 Å². The monoisotopic (exact) mass is 330 g/mol. The number of carbonyl (C=O) groups is 1. The lowest BCUT2D eigenvalue weighted by Crippen LogP contribution is -2.13. The van der Waals surface area contributed by atoms with Crippen LogP contribution in [0.3, 0.4) is 0 Å². The van der Waals surface area contributed by atoms with Gasteiger partial charge in [-0.05, 0) is 30.7 Å². The van der Waals surface area contributed by atoms with Gasteiger partial charge in [-0.25, -0.2) is 0 Å². The summed E-state index contributed by atoms with van der Waals surface area (Å²) in [5.41, 5.74) is 0.166. The molecule has 0 aliphatic rings. The Morgan fingerprint density at radius 1 is 1.21 bits per heavy atom. The first kappa shape index (κ1) is 17.3. The van der Waals surface area contributed by atoms with E-state index in [2.05, 4.69) is 5.32 Å². The molecule has 7 heteroatoms. The summed E-state index contributed by atoms with van der Waals surface area (Å²) in [6, 6.07) is 13.6. The number of hydrogen-bond acceptors (Lipinski definition) is 5. The molecule has 0 heterocycles. The molecule has 1 N–H and O–H groups in total. The Balaban J connectivity index is 1.82. The summed E-state index contributed by atoms with van der Waals surface area (Å²) in [5, 5.41) is 13.6. The molecule has 0 saturated heterocycles. The van der Waals surface area contributed by atoms with Gasteiger partial charge in [0.2, 0.25) is 5.91 Å². The molecule has 0 aromatic heterocycles. The fraction of sp³-hybridized carbons (Fsp3) is 0.235. The highest BCUT2D eigenvalue weighted by Gasteiger charge is 2.16. The van der Waals surface area contributed by atoms with E-state index in [1.165, 1.54) is 19.2 Å². The maximum Gasteiger partial charge on any atom is 0.312 e. The van der Waals surface area contributed by atoms with Gasteiger partial charge in [-0.15, -0.1) is 0 Å².